The van der Waals surface area contributed by atoms with Crippen molar-refractivity contribution in [3.05, 3.63) is 53.6 Å². The second-order valence-corrected chi connectivity index (χ2v) is 6.50. The molecule has 0 saturated carbocycles. The molecule has 6 nitrogen and oxygen atoms in total. The third-order valence-corrected chi connectivity index (χ3v) is 4.25. The van der Waals surface area contributed by atoms with Crippen LogP contribution < -0.4 is 15.8 Å². The fraction of sp³-hybridized carbons (Fsp3) is 0.333. The number of carbonyl (C=O) groups is 1. The van der Waals surface area contributed by atoms with Crippen molar-refractivity contribution in [1.82, 2.24) is 5.32 Å². The molecule has 162 valence electrons. The lowest BCUT2D eigenvalue weighted by atomic mass is 9.94. The minimum Gasteiger partial charge on any atom is -0.492 e. The molecule has 9 heteroatoms. The van der Waals surface area contributed by atoms with Crippen molar-refractivity contribution in [2.75, 3.05) is 20.3 Å². The van der Waals surface area contributed by atoms with Crippen LogP contribution in [-0.4, -0.2) is 32.2 Å². The van der Waals surface area contributed by atoms with E-state index in [-0.39, 0.29) is 30.8 Å². The Balaban J connectivity index is 2.47. The Morgan fingerprint density at radius 1 is 1.13 bits per heavy atom. The van der Waals surface area contributed by atoms with E-state index < -0.39 is 23.6 Å². The zero-order valence-corrected chi connectivity index (χ0v) is 16.5. The topological polar surface area (TPSA) is 97.4 Å². The maximum Gasteiger partial charge on any atom is 0.420 e. The average Bonchev–Trinajstić information content (AvgIpc) is 2.68. The molecule has 0 bridgehead atoms. The molecular formula is C21H24F3N3O3. The summed E-state index contributed by atoms with van der Waals surface area (Å²) in [5.41, 5.74) is 5.02. The molecule has 0 aliphatic carbocycles. The molecule has 4 N–H and O–H groups in total. The zero-order valence-electron chi connectivity index (χ0n) is 16.5. The van der Waals surface area contributed by atoms with Gasteiger partial charge in [-0.2, -0.15) is 13.2 Å². The predicted octanol–water partition coefficient (Wildman–Crippen LogP) is 3.73. The fourth-order valence-corrected chi connectivity index (χ4v) is 2.98. The fourth-order valence-electron chi connectivity index (χ4n) is 2.98. The molecule has 0 aliphatic rings. The van der Waals surface area contributed by atoms with Crippen LogP contribution in [0.5, 0.6) is 5.75 Å². The molecule has 2 aromatic carbocycles. The summed E-state index contributed by atoms with van der Waals surface area (Å²) < 4.78 is 52.7. The van der Waals surface area contributed by atoms with Crippen LogP contribution in [0.1, 0.15) is 24.0 Å². The number of amides is 1. The maximum atomic E-state index is 14.1. The van der Waals surface area contributed by atoms with Gasteiger partial charge in [0.1, 0.15) is 11.3 Å². The van der Waals surface area contributed by atoms with Crippen LogP contribution in [-0.2, 0) is 22.1 Å². The molecule has 0 aromatic heterocycles. The summed E-state index contributed by atoms with van der Waals surface area (Å²) in [6, 6.07) is 11.6. The van der Waals surface area contributed by atoms with Gasteiger partial charge in [0.25, 0.3) is 0 Å². The highest BCUT2D eigenvalue weighted by atomic mass is 19.4. The first kappa shape index (κ1) is 23.2. The number of hydrogen-bond donors (Lipinski definition) is 3. The summed E-state index contributed by atoms with van der Waals surface area (Å²) in [4.78, 5) is 11.7. The van der Waals surface area contributed by atoms with Crippen molar-refractivity contribution in [3.63, 3.8) is 0 Å². The maximum absolute atomic E-state index is 14.1. The van der Waals surface area contributed by atoms with Crippen LogP contribution in [0.25, 0.3) is 11.1 Å². The molecule has 0 aliphatic heterocycles. The van der Waals surface area contributed by atoms with E-state index in [4.69, 9.17) is 20.6 Å². The summed E-state index contributed by atoms with van der Waals surface area (Å²) in [7, 11) is 1.50. The van der Waals surface area contributed by atoms with Gasteiger partial charge in [-0.3, -0.25) is 15.5 Å². The molecule has 0 saturated heterocycles. The Hall–Kier alpha value is -3.07. The minimum absolute atomic E-state index is 0.0467. The quantitative estimate of drug-likeness (QED) is 0.325. The van der Waals surface area contributed by atoms with E-state index in [9.17, 15) is 18.0 Å². The Labute approximate surface area is 172 Å². The highest BCUT2D eigenvalue weighted by Crippen LogP contribution is 2.44. The van der Waals surface area contributed by atoms with Gasteiger partial charge in [-0.15, -0.1) is 0 Å². The van der Waals surface area contributed by atoms with Crippen LogP contribution in [0, 0.1) is 5.41 Å². The molecule has 0 heterocycles. The van der Waals surface area contributed by atoms with Gasteiger partial charge in [0.2, 0.25) is 5.91 Å². The second-order valence-electron chi connectivity index (χ2n) is 6.50. The number of alkyl halides is 3. The van der Waals surface area contributed by atoms with Crippen molar-refractivity contribution in [3.8, 4) is 16.9 Å². The van der Waals surface area contributed by atoms with Crippen molar-refractivity contribution < 1.29 is 27.4 Å². The summed E-state index contributed by atoms with van der Waals surface area (Å²) in [6.07, 6.45) is -4.70. The monoisotopic (exact) mass is 423 g/mol. The Kier molecular flexibility index (Phi) is 8.23. The Morgan fingerprint density at radius 2 is 1.83 bits per heavy atom. The summed E-state index contributed by atoms with van der Waals surface area (Å²) in [5.74, 6) is -1.46. The lowest BCUT2D eigenvalue weighted by Gasteiger charge is -2.21. The molecule has 2 aromatic rings. The van der Waals surface area contributed by atoms with Crippen molar-refractivity contribution in [2.45, 2.75) is 25.4 Å². The SMILES string of the molecule is COCCCOc1c(-c2ccccc2)ccc(CCC(=O)NC(=N)N)c1C(F)(F)F. The molecular weight excluding hydrogens is 399 g/mol. The normalized spacial score (nSPS) is 11.2. The highest BCUT2D eigenvalue weighted by molar-refractivity contribution is 5.94. The average molecular weight is 423 g/mol. The van der Waals surface area contributed by atoms with E-state index >= 15 is 0 Å². The zero-order chi connectivity index (χ0) is 22.1. The van der Waals surface area contributed by atoms with Gasteiger partial charge in [0, 0.05) is 32.1 Å². The highest BCUT2D eigenvalue weighted by Gasteiger charge is 2.38. The van der Waals surface area contributed by atoms with E-state index in [0.29, 0.717) is 24.2 Å². The molecule has 0 atom stereocenters. The number of nitrogens with two attached hydrogens (primary N) is 1. The number of guanidine groups is 1. The Bertz CT molecular complexity index is 871. The number of aryl methyl sites for hydroxylation is 1. The number of halogens is 3. The second kappa shape index (κ2) is 10.6. The number of methoxy groups -OCH3 is 1. The summed E-state index contributed by atoms with van der Waals surface area (Å²) in [6.45, 7) is 0.401. The van der Waals surface area contributed by atoms with Crippen molar-refractivity contribution >= 4 is 11.9 Å². The number of nitrogens with one attached hydrogen (secondary N) is 2. The van der Waals surface area contributed by atoms with Gasteiger partial charge >= 0.3 is 6.18 Å². The lowest BCUT2D eigenvalue weighted by Crippen LogP contribution is -2.35. The molecule has 1 amide bonds. The number of ether oxygens (including phenoxy) is 2. The van der Waals surface area contributed by atoms with Crippen LogP contribution in [0.3, 0.4) is 0 Å². The number of hydrogen-bond acceptors (Lipinski definition) is 4. The predicted molar refractivity (Wildman–Crippen MR) is 107 cm³/mol. The van der Waals surface area contributed by atoms with Crippen LogP contribution >= 0.6 is 0 Å². The van der Waals surface area contributed by atoms with E-state index in [2.05, 4.69) is 5.32 Å². The number of benzene rings is 2. The molecule has 30 heavy (non-hydrogen) atoms. The summed E-state index contributed by atoms with van der Waals surface area (Å²) >= 11 is 0. The largest absolute Gasteiger partial charge is 0.492 e. The van der Waals surface area contributed by atoms with Gasteiger partial charge < -0.3 is 15.2 Å². The third-order valence-electron chi connectivity index (χ3n) is 4.25. The van der Waals surface area contributed by atoms with E-state index in [1.165, 1.54) is 13.2 Å². The molecule has 0 radical (unpaired) electrons. The van der Waals surface area contributed by atoms with Gasteiger partial charge in [0.15, 0.2) is 5.96 Å². The van der Waals surface area contributed by atoms with E-state index in [0.717, 1.165) is 0 Å². The molecule has 0 unspecified atom stereocenters. The molecule has 2 rings (SSSR count). The smallest absolute Gasteiger partial charge is 0.420 e. The number of carbonyl (C=O) groups excluding carboxylic acids is 1. The third kappa shape index (κ3) is 6.48. The van der Waals surface area contributed by atoms with Gasteiger partial charge in [-0.1, -0.05) is 42.5 Å². The first-order valence-corrected chi connectivity index (χ1v) is 9.28. The van der Waals surface area contributed by atoms with Crippen LogP contribution in [0.4, 0.5) is 13.2 Å². The summed E-state index contributed by atoms with van der Waals surface area (Å²) in [5, 5.41) is 9.12. The lowest BCUT2D eigenvalue weighted by molar-refractivity contribution is -0.139. The molecule has 0 spiro atoms. The first-order chi connectivity index (χ1) is 14.2. The van der Waals surface area contributed by atoms with Gasteiger partial charge in [0.05, 0.1) is 6.61 Å². The van der Waals surface area contributed by atoms with Crippen LogP contribution in [0.15, 0.2) is 42.5 Å². The van der Waals surface area contributed by atoms with Crippen molar-refractivity contribution in [2.24, 2.45) is 5.73 Å². The van der Waals surface area contributed by atoms with Crippen LogP contribution in [0.2, 0.25) is 0 Å². The minimum atomic E-state index is -4.69. The number of rotatable bonds is 9. The van der Waals surface area contributed by atoms with E-state index in [1.54, 1.807) is 36.4 Å². The standard InChI is InChI=1S/C21H24F3N3O3/c1-29-12-5-13-30-19-16(14-6-3-2-4-7-14)10-8-15(18(19)21(22,23)24)9-11-17(28)27-20(25)26/h2-4,6-8,10H,5,9,11-13H2,1H3,(H4,25,26,27,28). The van der Waals surface area contributed by atoms with Crippen molar-refractivity contribution in [1.29, 1.82) is 5.41 Å². The van der Waals surface area contributed by atoms with Gasteiger partial charge in [-0.05, 0) is 17.5 Å². The molecule has 0 fully saturated rings. The van der Waals surface area contributed by atoms with E-state index in [1.807, 2.05) is 0 Å². The first-order valence-electron chi connectivity index (χ1n) is 9.28. The Morgan fingerprint density at radius 3 is 2.43 bits per heavy atom. The van der Waals surface area contributed by atoms with Gasteiger partial charge in [-0.25, -0.2) is 0 Å².